The molecule has 0 saturated carbocycles. The van der Waals surface area contributed by atoms with E-state index in [1.54, 1.807) is 6.92 Å². The van der Waals surface area contributed by atoms with Crippen molar-refractivity contribution < 1.29 is 9.90 Å². The van der Waals surface area contributed by atoms with Crippen molar-refractivity contribution in [2.45, 2.75) is 13.0 Å². The van der Waals surface area contributed by atoms with E-state index in [0.29, 0.717) is 0 Å². The number of carbonyl (C=O) groups is 1. The summed E-state index contributed by atoms with van der Waals surface area (Å²) in [6.45, 7) is 4.33. The molecule has 1 saturated heterocycles. The standard InChI is InChI=1S/C13H18N2O2/c1-10(17)11-2-4-13(5-3-11)15-7-6-14-12(8-15)9-16/h2-5,12,14,16H,6-9H2,1H3/t12-/m0/s1. The van der Waals surface area contributed by atoms with Crippen molar-refractivity contribution in [3.05, 3.63) is 29.8 Å². The molecular weight excluding hydrogens is 216 g/mol. The predicted molar refractivity (Wildman–Crippen MR) is 67.5 cm³/mol. The second-order valence-electron chi connectivity index (χ2n) is 4.38. The van der Waals surface area contributed by atoms with Crippen LogP contribution in [-0.2, 0) is 0 Å². The molecule has 2 N–H and O–H groups in total. The highest BCUT2D eigenvalue weighted by atomic mass is 16.3. The first-order valence-electron chi connectivity index (χ1n) is 5.91. The summed E-state index contributed by atoms with van der Waals surface area (Å²) in [7, 11) is 0. The number of ketones is 1. The van der Waals surface area contributed by atoms with Crippen molar-refractivity contribution in [2.75, 3.05) is 31.1 Å². The maximum absolute atomic E-state index is 11.2. The van der Waals surface area contributed by atoms with E-state index in [4.69, 9.17) is 5.11 Å². The summed E-state index contributed by atoms with van der Waals surface area (Å²) in [6, 6.07) is 7.78. The Bertz CT molecular complexity index is 389. The molecule has 0 radical (unpaired) electrons. The van der Waals surface area contributed by atoms with Crippen LogP contribution in [-0.4, -0.2) is 43.2 Å². The molecule has 0 aromatic heterocycles. The van der Waals surface area contributed by atoms with Crippen molar-refractivity contribution in [3.63, 3.8) is 0 Å². The van der Waals surface area contributed by atoms with Gasteiger partial charge in [0, 0.05) is 36.9 Å². The van der Waals surface area contributed by atoms with Crippen LogP contribution in [0.25, 0.3) is 0 Å². The average Bonchev–Trinajstić information content (AvgIpc) is 2.39. The summed E-state index contributed by atoms with van der Waals surface area (Å²) < 4.78 is 0. The zero-order valence-corrected chi connectivity index (χ0v) is 10.0. The number of hydrogen-bond acceptors (Lipinski definition) is 4. The van der Waals surface area contributed by atoms with Gasteiger partial charge in [-0.3, -0.25) is 4.79 Å². The number of carbonyl (C=O) groups excluding carboxylic acids is 1. The lowest BCUT2D eigenvalue weighted by molar-refractivity contribution is 0.101. The minimum atomic E-state index is 0.0881. The summed E-state index contributed by atoms with van der Waals surface area (Å²) >= 11 is 0. The number of nitrogens with one attached hydrogen (secondary N) is 1. The summed E-state index contributed by atoms with van der Waals surface area (Å²) in [5.74, 6) is 0.0881. The molecule has 1 aromatic rings. The van der Waals surface area contributed by atoms with Crippen LogP contribution < -0.4 is 10.2 Å². The minimum absolute atomic E-state index is 0.0881. The molecule has 0 aliphatic carbocycles. The van der Waals surface area contributed by atoms with Crippen molar-refractivity contribution in [3.8, 4) is 0 Å². The quantitative estimate of drug-likeness (QED) is 0.754. The summed E-state index contributed by atoms with van der Waals surface area (Å²) in [4.78, 5) is 13.4. The van der Waals surface area contributed by atoms with Crippen LogP contribution in [0.2, 0.25) is 0 Å². The van der Waals surface area contributed by atoms with Gasteiger partial charge >= 0.3 is 0 Å². The number of Topliss-reactive ketones (excluding diaryl/α,β-unsaturated/α-hetero) is 1. The van der Waals surface area contributed by atoms with Gasteiger partial charge in [0.25, 0.3) is 0 Å². The predicted octanol–water partition coefficient (Wildman–Crippen LogP) is 0.660. The molecule has 17 heavy (non-hydrogen) atoms. The third kappa shape index (κ3) is 2.84. The van der Waals surface area contributed by atoms with E-state index in [-0.39, 0.29) is 18.4 Å². The molecule has 0 bridgehead atoms. The van der Waals surface area contributed by atoms with E-state index in [0.717, 1.165) is 30.9 Å². The minimum Gasteiger partial charge on any atom is -0.395 e. The molecule has 0 unspecified atom stereocenters. The fraction of sp³-hybridized carbons (Fsp3) is 0.462. The van der Waals surface area contributed by atoms with Crippen LogP contribution in [0.5, 0.6) is 0 Å². The number of anilines is 1. The molecule has 1 aliphatic heterocycles. The van der Waals surface area contributed by atoms with Gasteiger partial charge < -0.3 is 15.3 Å². The third-order valence-electron chi connectivity index (χ3n) is 3.11. The van der Waals surface area contributed by atoms with Crippen molar-refractivity contribution in [1.29, 1.82) is 0 Å². The van der Waals surface area contributed by atoms with Crippen LogP contribution in [0.1, 0.15) is 17.3 Å². The fourth-order valence-electron chi connectivity index (χ4n) is 2.09. The van der Waals surface area contributed by atoms with Crippen molar-refractivity contribution in [1.82, 2.24) is 5.32 Å². The summed E-state index contributed by atoms with van der Waals surface area (Å²) in [6.07, 6.45) is 0. The van der Waals surface area contributed by atoms with Gasteiger partial charge in [0.05, 0.1) is 6.61 Å². The Labute approximate surface area is 101 Å². The second-order valence-corrected chi connectivity index (χ2v) is 4.38. The first kappa shape index (κ1) is 12.1. The number of hydrogen-bond donors (Lipinski definition) is 2. The lowest BCUT2D eigenvalue weighted by Crippen LogP contribution is -2.52. The smallest absolute Gasteiger partial charge is 0.159 e. The molecular formula is C13H18N2O2. The van der Waals surface area contributed by atoms with E-state index in [1.165, 1.54) is 0 Å². The van der Waals surface area contributed by atoms with Crippen LogP contribution in [0.4, 0.5) is 5.69 Å². The number of aliphatic hydroxyl groups is 1. The van der Waals surface area contributed by atoms with Gasteiger partial charge in [0.2, 0.25) is 0 Å². The highest BCUT2D eigenvalue weighted by Gasteiger charge is 2.18. The topological polar surface area (TPSA) is 52.6 Å². The molecule has 1 atom stereocenters. The Morgan fingerprint density at radius 2 is 2.18 bits per heavy atom. The number of benzene rings is 1. The van der Waals surface area contributed by atoms with E-state index in [2.05, 4.69) is 10.2 Å². The zero-order valence-electron chi connectivity index (χ0n) is 10.0. The number of piperazine rings is 1. The monoisotopic (exact) mass is 234 g/mol. The van der Waals surface area contributed by atoms with E-state index < -0.39 is 0 Å². The molecule has 4 nitrogen and oxygen atoms in total. The molecule has 0 spiro atoms. The first-order chi connectivity index (χ1) is 8.20. The average molecular weight is 234 g/mol. The number of aliphatic hydroxyl groups excluding tert-OH is 1. The maximum Gasteiger partial charge on any atom is 0.159 e. The van der Waals surface area contributed by atoms with Gasteiger partial charge in [-0.15, -0.1) is 0 Å². The highest BCUT2D eigenvalue weighted by Crippen LogP contribution is 2.17. The molecule has 0 amide bonds. The molecule has 1 aromatic carbocycles. The summed E-state index contributed by atoms with van der Waals surface area (Å²) in [5, 5.41) is 12.4. The van der Waals surface area contributed by atoms with Crippen molar-refractivity contribution in [2.24, 2.45) is 0 Å². The Hall–Kier alpha value is -1.39. The Balaban J connectivity index is 2.08. The fourth-order valence-corrected chi connectivity index (χ4v) is 2.09. The molecule has 1 heterocycles. The van der Waals surface area contributed by atoms with Crippen LogP contribution in [0.3, 0.4) is 0 Å². The molecule has 1 fully saturated rings. The SMILES string of the molecule is CC(=O)c1ccc(N2CCN[C@H](CO)C2)cc1. The Morgan fingerprint density at radius 3 is 2.76 bits per heavy atom. The number of nitrogens with zero attached hydrogens (tertiary/aromatic N) is 1. The first-order valence-corrected chi connectivity index (χ1v) is 5.91. The van der Waals surface area contributed by atoms with Crippen LogP contribution in [0, 0.1) is 0 Å². The normalized spacial score (nSPS) is 20.4. The van der Waals surface area contributed by atoms with Crippen LogP contribution >= 0.6 is 0 Å². The van der Waals surface area contributed by atoms with Crippen LogP contribution in [0.15, 0.2) is 24.3 Å². The van der Waals surface area contributed by atoms with Gasteiger partial charge in [-0.05, 0) is 31.2 Å². The molecule has 4 heteroatoms. The van der Waals surface area contributed by atoms with Gasteiger partial charge in [0.15, 0.2) is 5.78 Å². The Kier molecular flexibility index (Phi) is 3.76. The number of rotatable bonds is 3. The van der Waals surface area contributed by atoms with E-state index in [1.807, 2.05) is 24.3 Å². The molecule has 1 aliphatic rings. The van der Waals surface area contributed by atoms with Crippen molar-refractivity contribution >= 4 is 11.5 Å². The second kappa shape index (κ2) is 5.29. The van der Waals surface area contributed by atoms with E-state index >= 15 is 0 Å². The van der Waals surface area contributed by atoms with Gasteiger partial charge in [0.1, 0.15) is 0 Å². The highest BCUT2D eigenvalue weighted by molar-refractivity contribution is 5.94. The van der Waals surface area contributed by atoms with Gasteiger partial charge in [-0.1, -0.05) is 0 Å². The molecule has 2 rings (SSSR count). The maximum atomic E-state index is 11.2. The summed E-state index contributed by atoms with van der Waals surface area (Å²) in [5.41, 5.74) is 1.84. The zero-order chi connectivity index (χ0) is 12.3. The Morgan fingerprint density at radius 1 is 1.47 bits per heavy atom. The van der Waals surface area contributed by atoms with Gasteiger partial charge in [-0.2, -0.15) is 0 Å². The van der Waals surface area contributed by atoms with Gasteiger partial charge in [-0.25, -0.2) is 0 Å². The third-order valence-corrected chi connectivity index (χ3v) is 3.11. The largest absolute Gasteiger partial charge is 0.395 e. The lowest BCUT2D eigenvalue weighted by Gasteiger charge is -2.34. The molecule has 92 valence electrons. The van der Waals surface area contributed by atoms with E-state index in [9.17, 15) is 4.79 Å². The lowest BCUT2D eigenvalue weighted by atomic mass is 10.1.